The molecule has 0 radical (unpaired) electrons. The Morgan fingerprint density at radius 2 is 1.39 bits per heavy atom. The van der Waals surface area contributed by atoms with Crippen LogP contribution in [0.25, 0.3) is 10.8 Å². The van der Waals surface area contributed by atoms with Crippen molar-refractivity contribution >= 4 is 20.8 Å². The first-order valence-corrected chi connectivity index (χ1v) is 11.8. The summed E-state index contributed by atoms with van der Waals surface area (Å²) < 4.78 is 67.5. The van der Waals surface area contributed by atoms with Gasteiger partial charge >= 0.3 is 6.18 Å². The molecule has 4 aromatic rings. The summed E-state index contributed by atoms with van der Waals surface area (Å²) in [5.41, 5.74) is 1.58. The predicted octanol–water partition coefficient (Wildman–Crippen LogP) is 6.28. The van der Waals surface area contributed by atoms with Gasteiger partial charge in [-0.1, -0.05) is 72.3 Å². The number of hydrogen-bond donors (Lipinski definition) is 1. The fraction of sp³-hybridized carbons (Fsp3) is 0.154. The van der Waals surface area contributed by atoms with Crippen LogP contribution in [0.2, 0.25) is 0 Å². The number of alkyl halides is 3. The Labute approximate surface area is 190 Å². The minimum atomic E-state index is -4.44. The molecule has 7 heteroatoms. The maximum absolute atomic E-state index is 13.0. The van der Waals surface area contributed by atoms with E-state index in [4.69, 9.17) is 0 Å². The minimum Gasteiger partial charge on any atom is -0.210 e. The average molecular weight is 470 g/mol. The van der Waals surface area contributed by atoms with Gasteiger partial charge in [0.25, 0.3) is 0 Å². The molecule has 0 aliphatic heterocycles. The van der Waals surface area contributed by atoms with E-state index < -0.39 is 27.7 Å². The number of sulfonamides is 1. The van der Waals surface area contributed by atoms with Crippen molar-refractivity contribution in [2.45, 2.75) is 23.9 Å². The SMILES string of the molecule is Cc1ccc(S(=O)(=O)NC[C@H](c2ccc(C(F)(F)F)cc2)c2ccc3ccccc3c2)cc1. The van der Waals surface area contributed by atoms with Gasteiger partial charge in [-0.2, -0.15) is 13.2 Å². The summed E-state index contributed by atoms with van der Waals surface area (Å²) in [6.45, 7) is 1.87. The molecule has 4 rings (SSSR count). The fourth-order valence-electron chi connectivity index (χ4n) is 3.75. The van der Waals surface area contributed by atoms with Crippen molar-refractivity contribution in [2.24, 2.45) is 0 Å². The van der Waals surface area contributed by atoms with E-state index in [0.717, 1.165) is 34.0 Å². The van der Waals surface area contributed by atoms with Crippen molar-refractivity contribution in [1.29, 1.82) is 0 Å². The molecule has 170 valence electrons. The largest absolute Gasteiger partial charge is 0.416 e. The molecule has 0 heterocycles. The summed E-state index contributed by atoms with van der Waals surface area (Å²) >= 11 is 0. The molecule has 1 N–H and O–H groups in total. The zero-order chi connectivity index (χ0) is 23.6. The molecule has 0 spiro atoms. The van der Waals surface area contributed by atoms with Crippen LogP contribution < -0.4 is 4.72 Å². The molecule has 0 aliphatic rings. The summed E-state index contributed by atoms with van der Waals surface area (Å²) in [4.78, 5) is 0.137. The summed E-state index contributed by atoms with van der Waals surface area (Å²) in [6.07, 6.45) is -4.44. The van der Waals surface area contributed by atoms with E-state index in [1.54, 1.807) is 12.1 Å². The molecule has 0 fully saturated rings. The van der Waals surface area contributed by atoms with Crippen LogP contribution in [0.3, 0.4) is 0 Å². The molecule has 0 saturated heterocycles. The van der Waals surface area contributed by atoms with Gasteiger partial charge in [-0.25, -0.2) is 13.1 Å². The number of aryl methyl sites for hydroxylation is 1. The first-order valence-electron chi connectivity index (χ1n) is 10.4. The molecule has 1 atom stereocenters. The number of halogens is 3. The van der Waals surface area contributed by atoms with Crippen LogP contribution in [-0.4, -0.2) is 15.0 Å². The molecule has 4 aromatic carbocycles. The number of fused-ring (bicyclic) bond motifs is 1. The standard InChI is InChI=1S/C26H22F3NO2S/c1-18-6-14-24(15-7-18)33(31,32)30-17-25(20-10-12-23(13-11-20)26(27,28)29)22-9-8-19-4-2-3-5-21(19)16-22/h2-16,25,30H,17H2,1H3/t25-/m1/s1. The van der Waals surface area contributed by atoms with Gasteiger partial charge in [-0.05, 0) is 53.1 Å². The highest BCUT2D eigenvalue weighted by Gasteiger charge is 2.30. The number of nitrogens with one attached hydrogen (secondary N) is 1. The average Bonchev–Trinajstić information content (AvgIpc) is 2.79. The molecule has 0 unspecified atom stereocenters. The summed E-state index contributed by atoms with van der Waals surface area (Å²) in [5, 5.41) is 1.99. The monoisotopic (exact) mass is 469 g/mol. The number of hydrogen-bond acceptors (Lipinski definition) is 2. The second-order valence-corrected chi connectivity index (χ2v) is 9.71. The van der Waals surface area contributed by atoms with Crippen LogP contribution in [0, 0.1) is 6.92 Å². The van der Waals surface area contributed by atoms with Crippen LogP contribution in [-0.2, 0) is 16.2 Å². The van der Waals surface area contributed by atoms with Crippen LogP contribution in [0.4, 0.5) is 13.2 Å². The highest BCUT2D eigenvalue weighted by molar-refractivity contribution is 7.89. The Bertz CT molecular complexity index is 1360. The van der Waals surface area contributed by atoms with Gasteiger partial charge in [0.2, 0.25) is 10.0 Å². The summed E-state index contributed by atoms with van der Waals surface area (Å²) in [7, 11) is -3.79. The van der Waals surface area contributed by atoms with Crippen molar-refractivity contribution < 1.29 is 21.6 Å². The van der Waals surface area contributed by atoms with E-state index in [-0.39, 0.29) is 11.4 Å². The van der Waals surface area contributed by atoms with E-state index in [2.05, 4.69) is 4.72 Å². The molecule has 0 aromatic heterocycles. The zero-order valence-electron chi connectivity index (χ0n) is 17.8. The molecule has 0 saturated carbocycles. The normalized spacial score (nSPS) is 13.2. The lowest BCUT2D eigenvalue weighted by Crippen LogP contribution is -2.29. The second-order valence-electron chi connectivity index (χ2n) is 7.94. The second kappa shape index (κ2) is 9.00. The Hall–Kier alpha value is -3.16. The molecule has 0 aliphatic carbocycles. The third kappa shape index (κ3) is 5.26. The van der Waals surface area contributed by atoms with Crippen LogP contribution in [0.1, 0.15) is 28.2 Å². The Morgan fingerprint density at radius 3 is 2.03 bits per heavy atom. The van der Waals surface area contributed by atoms with Crippen molar-refractivity contribution in [3.8, 4) is 0 Å². The molecular formula is C26H22F3NO2S. The Morgan fingerprint density at radius 1 is 0.788 bits per heavy atom. The van der Waals surface area contributed by atoms with Gasteiger partial charge in [0.05, 0.1) is 10.5 Å². The Kier molecular flexibility index (Phi) is 6.28. The van der Waals surface area contributed by atoms with Gasteiger partial charge in [0.15, 0.2) is 0 Å². The molecule has 0 amide bonds. The molecule has 0 bridgehead atoms. The highest BCUT2D eigenvalue weighted by atomic mass is 32.2. The third-order valence-electron chi connectivity index (χ3n) is 5.63. The minimum absolute atomic E-state index is 0.0000848. The molecular weight excluding hydrogens is 447 g/mol. The first-order chi connectivity index (χ1) is 15.6. The van der Waals surface area contributed by atoms with Gasteiger partial charge < -0.3 is 0 Å². The number of benzene rings is 4. The quantitative estimate of drug-likeness (QED) is 0.361. The van der Waals surface area contributed by atoms with E-state index in [1.165, 1.54) is 24.3 Å². The Balaban J connectivity index is 1.69. The highest BCUT2D eigenvalue weighted by Crippen LogP contribution is 2.32. The van der Waals surface area contributed by atoms with Gasteiger partial charge in [0.1, 0.15) is 0 Å². The van der Waals surface area contributed by atoms with Crippen LogP contribution in [0.5, 0.6) is 0 Å². The predicted molar refractivity (Wildman–Crippen MR) is 124 cm³/mol. The van der Waals surface area contributed by atoms with E-state index in [1.807, 2.05) is 49.4 Å². The van der Waals surface area contributed by atoms with E-state index in [0.29, 0.717) is 5.56 Å². The maximum Gasteiger partial charge on any atom is 0.416 e. The smallest absolute Gasteiger partial charge is 0.210 e. The lowest BCUT2D eigenvalue weighted by atomic mass is 9.89. The third-order valence-corrected chi connectivity index (χ3v) is 7.06. The van der Waals surface area contributed by atoms with Crippen LogP contribution in [0.15, 0.2) is 95.9 Å². The lowest BCUT2D eigenvalue weighted by molar-refractivity contribution is -0.137. The van der Waals surface area contributed by atoms with E-state index >= 15 is 0 Å². The summed E-state index contributed by atoms with van der Waals surface area (Å²) in [6, 6.07) is 24.8. The van der Waals surface area contributed by atoms with Crippen molar-refractivity contribution in [3.05, 3.63) is 113 Å². The fourth-order valence-corrected chi connectivity index (χ4v) is 4.80. The zero-order valence-corrected chi connectivity index (χ0v) is 18.6. The van der Waals surface area contributed by atoms with Crippen molar-refractivity contribution in [1.82, 2.24) is 4.72 Å². The van der Waals surface area contributed by atoms with Gasteiger partial charge in [0, 0.05) is 12.5 Å². The van der Waals surface area contributed by atoms with Gasteiger partial charge in [-0.15, -0.1) is 0 Å². The van der Waals surface area contributed by atoms with Crippen LogP contribution >= 0.6 is 0 Å². The maximum atomic E-state index is 13.0. The summed E-state index contributed by atoms with van der Waals surface area (Å²) in [5.74, 6) is -0.475. The topological polar surface area (TPSA) is 46.2 Å². The molecule has 3 nitrogen and oxygen atoms in total. The first kappa shape index (κ1) is 23.0. The van der Waals surface area contributed by atoms with E-state index in [9.17, 15) is 21.6 Å². The lowest BCUT2D eigenvalue weighted by Gasteiger charge is -2.20. The molecule has 33 heavy (non-hydrogen) atoms. The van der Waals surface area contributed by atoms with Crippen molar-refractivity contribution in [3.63, 3.8) is 0 Å². The van der Waals surface area contributed by atoms with Crippen molar-refractivity contribution in [2.75, 3.05) is 6.54 Å². The van der Waals surface area contributed by atoms with Gasteiger partial charge in [-0.3, -0.25) is 0 Å². The number of rotatable bonds is 6.